The van der Waals surface area contributed by atoms with Gasteiger partial charge >= 0.3 is 0 Å². The summed E-state index contributed by atoms with van der Waals surface area (Å²) in [6.07, 6.45) is 0. The fourth-order valence-electron chi connectivity index (χ4n) is 2.44. The number of hydrogen-bond donors (Lipinski definition) is 1. The molecule has 3 rings (SSSR count). The second kappa shape index (κ2) is 5.54. The fourth-order valence-corrected chi connectivity index (χ4v) is 2.69. The van der Waals surface area contributed by atoms with Crippen LogP contribution in [0.25, 0.3) is 10.8 Å². The average molecular weight is 348 g/mol. The van der Waals surface area contributed by atoms with Gasteiger partial charge in [-0.3, -0.25) is 0 Å². The summed E-state index contributed by atoms with van der Waals surface area (Å²) in [5.41, 5.74) is 7.66. The zero-order chi connectivity index (χ0) is 15.0. The summed E-state index contributed by atoms with van der Waals surface area (Å²) in [5, 5.41) is 1.26. The Kier molecular flexibility index (Phi) is 3.74. The molecule has 0 radical (unpaired) electrons. The van der Waals surface area contributed by atoms with E-state index in [9.17, 15) is 8.78 Å². The molecule has 0 saturated carbocycles. The molecule has 3 aromatic carbocycles. The summed E-state index contributed by atoms with van der Waals surface area (Å²) in [7, 11) is 0. The minimum atomic E-state index is -0.516. The van der Waals surface area contributed by atoms with Crippen molar-refractivity contribution >= 4 is 26.7 Å². The van der Waals surface area contributed by atoms with E-state index in [1.54, 1.807) is 30.3 Å². The lowest BCUT2D eigenvalue weighted by Gasteiger charge is -2.16. The van der Waals surface area contributed by atoms with Crippen molar-refractivity contribution in [1.82, 2.24) is 0 Å². The van der Waals surface area contributed by atoms with Gasteiger partial charge in [-0.15, -0.1) is 0 Å². The highest BCUT2D eigenvalue weighted by molar-refractivity contribution is 9.10. The molecule has 0 spiro atoms. The minimum Gasteiger partial charge on any atom is -0.320 e. The van der Waals surface area contributed by atoms with Crippen molar-refractivity contribution in [3.63, 3.8) is 0 Å². The summed E-state index contributed by atoms with van der Waals surface area (Å²) in [4.78, 5) is 0. The first-order chi connectivity index (χ1) is 10.1. The van der Waals surface area contributed by atoms with E-state index >= 15 is 0 Å². The van der Waals surface area contributed by atoms with Gasteiger partial charge in [0.05, 0.1) is 10.5 Å². The predicted molar refractivity (Wildman–Crippen MR) is 84.0 cm³/mol. The van der Waals surface area contributed by atoms with Crippen LogP contribution in [-0.2, 0) is 0 Å². The zero-order valence-corrected chi connectivity index (χ0v) is 12.6. The van der Waals surface area contributed by atoms with Crippen molar-refractivity contribution in [3.8, 4) is 0 Å². The topological polar surface area (TPSA) is 26.0 Å². The fraction of sp³-hybridized carbons (Fsp3) is 0.0588. The van der Waals surface area contributed by atoms with Crippen LogP contribution >= 0.6 is 15.9 Å². The molecular formula is C17H12BrF2N. The van der Waals surface area contributed by atoms with E-state index in [2.05, 4.69) is 15.9 Å². The van der Waals surface area contributed by atoms with Crippen molar-refractivity contribution in [2.24, 2.45) is 5.73 Å². The number of benzene rings is 3. The molecule has 0 saturated heterocycles. The Balaban J connectivity index is 2.15. The Morgan fingerprint density at radius 3 is 2.29 bits per heavy atom. The number of halogens is 3. The highest BCUT2D eigenvalue weighted by Gasteiger charge is 2.15. The first kappa shape index (κ1) is 14.2. The van der Waals surface area contributed by atoms with E-state index < -0.39 is 6.04 Å². The molecule has 4 heteroatoms. The van der Waals surface area contributed by atoms with E-state index in [0.717, 1.165) is 10.9 Å². The normalized spacial score (nSPS) is 12.6. The molecule has 3 aromatic rings. The van der Waals surface area contributed by atoms with Crippen LogP contribution in [0.15, 0.2) is 59.1 Å². The second-order valence-electron chi connectivity index (χ2n) is 4.83. The second-order valence-corrected chi connectivity index (χ2v) is 5.69. The summed E-state index contributed by atoms with van der Waals surface area (Å²) in [6, 6.07) is 14.5. The summed E-state index contributed by atoms with van der Waals surface area (Å²) in [5.74, 6) is -0.655. The molecule has 106 valence electrons. The number of nitrogens with two attached hydrogens (primary N) is 1. The molecule has 1 atom stereocenters. The Labute approximate surface area is 129 Å². The molecular weight excluding hydrogens is 336 g/mol. The summed E-state index contributed by atoms with van der Waals surface area (Å²) >= 11 is 3.12. The highest BCUT2D eigenvalue weighted by Crippen LogP contribution is 2.30. The molecule has 1 unspecified atom stereocenters. The molecule has 0 aliphatic carbocycles. The molecule has 0 aliphatic rings. The van der Waals surface area contributed by atoms with Crippen LogP contribution in [0, 0.1) is 11.6 Å². The van der Waals surface area contributed by atoms with Gasteiger partial charge in [-0.2, -0.15) is 0 Å². The summed E-state index contributed by atoms with van der Waals surface area (Å²) in [6.45, 7) is 0. The lowest BCUT2D eigenvalue weighted by atomic mass is 9.94. The molecule has 0 aromatic heterocycles. The van der Waals surface area contributed by atoms with Crippen LogP contribution in [0.3, 0.4) is 0 Å². The van der Waals surface area contributed by atoms with E-state index in [-0.39, 0.29) is 11.6 Å². The molecule has 1 nitrogen and oxygen atoms in total. The molecule has 21 heavy (non-hydrogen) atoms. The maximum atomic E-state index is 13.8. The van der Waals surface area contributed by atoms with Crippen LogP contribution in [0.2, 0.25) is 0 Å². The average Bonchev–Trinajstić information content (AvgIpc) is 2.50. The SMILES string of the molecule is NC(c1ccc(Br)c(F)c1)c1ccc(F)c2ccccc12. The third kappa shape index (κ3) is 2.57. The Morgan fingerprint density at radius 2 is 1.57 bits per heavy atom. The Morgan fingerprint density at radius 1 is 0.857 bits per heavy atom. The lowest BCUT2D eigenvalue weighted by Crippen LogP contribution is -2.13. The van der Waals surface area contributed by atoms with Crippen molar-refractivity contribution < 1.29 is 8.78 Å². The van der Waals surface area contributed by atoms with E-state index in [1.807, 2.05) is 12.1 Å². The number of hydrogen-bond acceptors (Lipinski definition) is 1. The summed E-state index contributed by atoms with van der Waals surface area (Å²) < 4.78 is 27.9. The molecule has 2 N–H and O–H groups in total. The first-order valence-corrected chi connectivity index (χ1v) is 7.25. The van der Waals surface area contributed by atoms with Crippen molar-refractivity contribution in [1.29, 1.82) is 0 Å². The van der Waals surface area contributed by atoms with Gasteiger partial charge in [0.25, 0.3) is 0 Å². The third-order valence-corrected chi connectivity index (χ3v) is 4.19. The van der Waals surface area contributed by atoms with Crippen molar-refractivity contribution in [2.75, 3.05) is 0 Å². The van der Waals surface area contributed by atoms with E-state index in [1.165, 1.54) is 12.1 Å². The molecule has 0 heterocycles. The third-order valence-electron chi connectivity index (χ3n) is 3.54. The van der Waals surface area contributed by atoms with Gasteiger partial charge in [0.15, 0.2) is 0 Å². The van der Waals surface area contributed by atoms with E-state index in [0.29, 0.717) is 15.4 Å². The van der Waals surface area contributed by atoms with Crippen LogP contribution in [-0.4, -0.2) is 0 Å². The number of rotatable bonds is 2. The standard InChI is InChI=1S/C17H12BrF2N/c18-14-7-5-10(9-16(14)20)17(21)13-6-8-15(19)12-4-2-1-3-11(12)13/h1-9,17H,21H2. The Bertz CT molecular complexity index is 817. The van der Waals surface area contributed by atoms with Crippen molar-refractivity contribution in [3.05, 3.63) is 81.8 Å². The lowest BCUT2D eigenvalue weighted by molar-refractivity contribution is 0.617. The van der Waals surface area contributed by atoms with Gasteiger partial charge in [0.2, 0.25) is 0 Å². The Hall–Kier alpha value is -1.78. The molecule has 0 aliphatic heterocycles. The van der Waals surface area contributed by atoms with Crippen LogP contribution < -0.4 is 5.73 Å². The monoisotopic (exact) mass is 347 g/mol. The first-order valence-electron chi connectivity index (χ1n) is 6.45. The molecule has 0 bridgehead atoms. The van der Waals surface area contributed by atoms with Gasteiger partial charge in [-0.1, -0.05) is 36.4 Å². The van der Waals surface area contributed by atoms with Crippen LogP contribution in [0.4, 0.5) is 8.78 Å². The van der Waals surface area contributed by atoms with Gasteiger partial charge in [-0.25, -0.2) is 8.78 Å². The number of fused-ring (bicyclic) bond motifs is 1. The van der Waals surface area contributed by atoms with E-state index in [4.69, 9.17) is 5.73 Å². The molecule has 0 amide bonds. The smallest absolute Gasteiger partial charge is 0.137 e. The maximum absolute atomic E-state index is 13.8. The van der Waals surface area contributed by atoms with Gasteiger partial charge in [-0.05, 0) is 50.6 Å². The van der Waals surface area contributed by atoms with Crippen LogP contribution in [0.1, 0.15) is 17.2 Å². The highest BCUT2D eigenvalue weighted by atomic mass is 79.9. The quantitative estimate of drug-likeness (QED) is 0.698. The predicted octanol–water partition coefficient (Wildman–Crippen LogP) is 4.93. The molecule has 0 fully saturated rings. The van der Waals surface area contributed by atoms with Crippen LogP contribution in [0.5, 0.6) is 0 Å². The van der Waals surface area contributed by atoms with Gasteiger partial charge in [0, 0.05) is 5.39 Å². The van der Waals surface area contributed by atoms with Crippen molar-refractivity contribution in [2.45, 2.75) is 6.04 Å². The largest absolute Gasteiger partial charge is 0.320 e. The maximum Gasteiger partial charge on any atom is 0.137 e. The van der Waals surface area contributed by atoms with Gasteiger partial charge in [0.1, 0.15) is 11.6 Å². The minimum absolute atomic E-state index is 0.288. The van der Waals surface area contributed by atoms with Gasteiger partial charge < -0.3 is 5.73 Å². The zero-order valence-electron chi connectivity index (χ0n) is 11.0.